The molecule has 0 unspecified atom stereocenters. The quantitative estimate of drug-likeness (QED) is 0.629. The van der Waals surface area contributed by atoms with Crippen molar-refractivity contribution >= 4 is 24.4 Å². The molecule has 0 saturated carbocycles. The van der Waals surface area contributed by atoms with Crippen molar-refractivity contribution in [1.29, 1.82) is 0 Å². The van der Waals surface area contributed by atoms with E-state index in [-0.39, 0.29) is 12.3 Å². The number of rotatable bonds is 6. The lowest BCUT2D eigenvalue weighted by molar-refractivity contribution is -0.132. The van der Waals surface area contributed by atoms with Crippen LogP contribution in [0.15, 0.2) is 60.3 Å². The molecule has 0 aliphatic heterocycles. The highest BCUT2D eigenvalue weighted by atomic mass is 16.5. The third-order valence-corrected chi connectivity index (χ3v) is 3.04. The number of nitrogens with one attached hydrogen (secondary N) is 1. The Morgan fingerprint density at radius 1 is 1.04 bits per heavy atom. The minimum absolute atomic E-state index is 0.0280. The van der Waals surface area contributed by atoms with Crippen molar-refractivity contribution in [2.75, 3.05) is 0 Å². The zero-order chi connectivity index (χ0) is 17.4. The molecule has 2 aromatic carbocycles. The van der Waals surface area contributed by atoms with Gasteiger partial charge in [-0.2, -0.15) is 0 Å². The maximum absolute atomic E-state index is 11.8. The Labute approximate surface area is 138 Å². The number of benzene rings is 2. The SMILES string of the molecule is O=Cc1cccc(/C=C(\NC(=O)OCc2ccccc2)C(=O)O)c1. The number of aliphatic carboxylic acids is 1. The summed E-state index contributed by atoms with van der Waals surface area (Å²) in [6, 6.07) is 15.3. The first-order valence-electron chi connectivity index (χ1n) is 7.06. The largest absolute Gasteiger partial charge is 0.477 e. The van der Waals surface area contributed by atoms with Crippen LogP contribution in [0.4, 0.5) is 4.79 Å². The molecule has 1 amide bonds. The van der Waals surface area contributed by atoms with Gasteiger partial charge < -0.3 is 9.84 Å². The van der Waals surface area contributed by atoms with E-state index >= 15 is 0 Å². The van der Waals surface area contributed by atoms with Gasteiger partial charge in [0.2, 0.25) is 0 Å². The molecular weight excluding hydrogens is 310 g/mol. The third-order valence-electron chi connectivity index (χ3n) is 3.04. The molecule has 2 N–H and O–H groups in total. The van der Waals surface area contributed by atoms with Gasteiger partial charge in [0.1, 0.15) is 18.6 Å². The van der Waals surface area contributed by atoms with Gasteiger partial charge in [0, 0.05) is 5.56 Å². The zero-order valence-electron chi connectivity index (χ0n) is 12.6. The monoisotopic (exact) mass is 325 g/mol. The van der Waals surface area contributed by atoms with Crippen LogP contribution in [0.25, 0.3) is 6.08 Å². The summed E-state index contributed by atoms with van der Waals surface area (Å²) >= 11 is 0. The highest BCUT2D eigenvalue weighted by Gasteiger charge is 2.13. The van der Waals surface area contributed by atoms with Gasteiger partial charge in [-0.3, -0.25) is 10.1 Å². The molecule has 0 fully saturated rings. The average molecular weight is 325 g/mol. The van der Waals surface area contributed by atoms with Gasteiger partial charge in [0.25, 0.3) is 0 Å². The van der Waals surface area contributed by atoms with E-state index in [9.17, 15) is 19.5 Å². The first-order chi connectivity index (χ1) is 11.6. The van der Waals surface area contributed by atoms with Crippen LogP contribution in [-0.2, 0) is 16.1 Å². The van der Waals surface area contributed by atoms with E-state index in [1.54, 1.807) is 42.5 Å². The molecule has 0 aliphatic rings. The molecule has 0 aromatic heterocycles. The van der Waals surface area contributed by atoms with Gasteiger partial charge in [-0.1, -0.05) is 48.5 Å². The number of ether oxygens (including phenoxy) is 1. The standard InChI is InChI=1S/C18H15NO5/c20-11-15-8-4-7-14(9-15)10-16(17(21)22)19-18(23)24-12-13-5-2-1-3-6-13/h1-11H,12H2,(H,19,23)(H,21,22)/b16-10-. The van der Waals surface area contributed by atoms with Gasteiger partial charge in [0.15, 0.2) is 0 Å². The molecule has 2 rings (SSSR count). The molecule has 0 spiro atoms. The Kier molecular flexibility index (Phi) is 5.85. The molecule has 0 radical (unpaired) electrons. The van der Waals surface area contributed by atoms with Crippen molar-refractivity contribution < 1.29 is 24.2 Å². The van der Waals surface area contributed by atoms with E-state index in [0.29, 0.717) is 17.4 Å². The van der Waals surface area contributed by atoms with Crippen LogP contribution in [0.1, 0.15) is 21.5 Å². The van der Waals surface area contributed by atoms with E-state index < -0.39 is 12.1 Å². The van der Waals surface area contributed by atoms with Crippen molar-refractivity contribution in [1.82, 2.24) is 5.32 Å². The van der Waals surface area contributed by atoms with E-state index in [4.69, 9.17) is 4.74 Å². The Balaban J connectivity index is 2.04. The number of carboxylic acid groups (broad SMARTS) is 1. The molecule has 0 saturated heterocycles. The summed E-state index contributed by atoms with van der Waals surface area (Å²) in [5.41, 5.74) is 1.31. The molecule has 6 nitrogen and oxygen atoms in total. The lowest BCUT2D eigenvalue weighted by atomic mass is 10.1. The lowest BCUT2D eigenvalue weighted by Gasteiger charge is -2.08. The van der Waals surface area contributed by atoms with Crippen molar-refractivity contribution in [3.63, 3.8) is 0 Å². The summed E-state index contributed by atoms with van der Waals surface area (Å²) in [6.07, 6.45) is 1.03. The minimum Gasteiger partial charge on any atom is -0.477 e. The molecule has 6 heteroatoms. The highest BCUT2D eigenvalue weighted by Crippen LogP contribution is 2.09. The Morgan fingerprint density at radius 2 is 1.75 bits per heavy atom. The van der Waals surface area contributed by atoms with Gasteiger partial charge in [-0.05, 0) is 23.3 Å². The minimum atomic E-state index is -1.32. The second-order valence-corrected chi connectivity index (χ2v) is 4.84. The predicted molar refractivity (Wildman–Crippen MR) is 87.2 cm³/mol. The normalized spacial score (nSPS) is 10.8. The van der Waals surface area contributed by atoms with Gasteiger partial charge in [0.05, 0.1) is 0 Å². The number of carboxylic acids is 1. The summed E-state index contributed by atoms with van der Waals surface area (Å²) in [6.45, 7) is 0.0280. The molecule has 24 heavy (non-hydrogen) atoms. The number of aldehydes is 1. The van der Waals surface area contributed by atoms with Crippen LogP contribution in [0, 0.1) is 0 Å². The third kappa shape index (κ3) is 5.10. The smallest absolute Gasteiger partial charge is 0.412 e. The van der Waals surface area contributed by atoms with Gasteiger partial charge in [-0.25, -0.2) is 9.59 Å². The summed E-state index contributed by atoms with van der Waals surface area (Å²) in [7, 11) is 0. The summed E-state index contributed by atoms with van der Waals surface area (Å²) in [5.74, 6) is -1.32. The lowest BCUT2D eigenvalue weighted by Crippen LogP contribution is -2.27. The molecule has 0 bridgehead atoms. The number of carbonyl (C=O) groups excluding carboxylic acids is 2. The molecule has 0 aliphatic carbocycles. The van der Waals surface area contributed by atoms with E-state index in [1.165, 1.54) is 12.1 Å². The fourth-order valence-corrected chi connectivity index (χ4v) is 1.91. The maximum atomic E-state index is 11.8. The topological polar surface area (TPSA) is 92.7 Å². The van der Waals surface area contributed by atoms with E-state index in [2.05, 4.69) is 5.32 Å². The molecular formula is C18H15NO5. The van der Waals surface area contributed by atoms with Gasteiger partial charge in [-0.15, -0.1) is 0 Å². The number of hydrogen-bond donors (Lipinski definition) is 2. The summed E-state index contributed by atoms with van der Waals surface area (Å²) in [4.78, 5) is 33.8. The Bertz CT molecular complexity index is 768. The fourth-order valence-electron chi connectivity index (χ4n) is 1.91. The molecule has 0 heterocycles. The second kappa shape index (κ2) is 8.28. The molecule has 122 valence electrons. The van der Waals surface area contributed by atoms with Crippen molar-refractivity contribution in [2.24, 2.45) is 0 Å². The highest BCUT2D eigenvalue weighted by molar-refractivity contribution is 5.95. The maximum Gasteiger partial charge on any atom is 0.412 e. The van der Waals surface area contributed by atoms with Crippen LogP contribution in [0.5, 0.6) is 0 Å². The van der Waals surface area contributed by atoms with Crippen LogP contribution in [0.3, 0.4) is 0 Å². The van der Waals surface area contributed by atoms with E-state index in [0.717, 1.165) is 5.56 Å². The van der Waals surface area contributed by atoms with E-state index in [1.807, 2.05) is 6.07 Å². The van der Waals surface area contributed by atoms with Crippen LogP contribution >= 0.6 is 0 Å². The van der Waals surface area contributed by atoms with Crippen molar-refractivity contribution in [3.05, 3.63) is 77.0 Å². The van der Waals surface area contributed by atoms with Gasteiger partial charge >= 0.3 is 12.1 Å². The Hall–Kier alpha value is -3.41. The predicted octanol–water partition coefficient (Wildman–Crippen LogP) is 2.85. The van der Waals surface area contributed by atoms with Crippen molar-refractivity contribution in [3.8, 4) is 0 Å². The van der Waals surface area contributed by atoms with Crippen LogP contribution < -0.4 is 5.32 Å². The zero-order valence-corrected chi connectivity index (χ0v) is 12.6. The second-order valence-electron chi connectivity index (χ2n) is 4.84. The number of hydrogen-bond acceptors (Lipinski definition) is 4. The molecule has 2 aromatic rings. The summed E-state index contributed by atoms with van der Waals surface area (Å²) < 4.78 is 4.98. The number of carbonyl (C=O) groups is 3. The Morgan fingerprint density at radius 3 is 2.42 bits per heavy atom. The van der Waals surface area contributed by atoms with Crippen LogP contribution in [0.2, 0.25) is 0 Å². The average Bonchev–Trinajstić information content (AvgIpc) is 2.60. The first kappa shape index (κ1) is 17.0. The number of alkyl carbamates (subject to hydrolysis) is 1. The fraction of sp³-hybridized carbons (Fsp3) is 0.0556. The first-order valence-corrected chi connectivity index (χ1v) is 7.06. The van der Waals surface area contributed by atoms with Crippen LogP contribution in [-0.4, -0.2) is 23.5 Å². The number of amides is 1. The summed E-state index contributed by atoms with van der Waals surface area (Å²) in [5, 5.41) is 11.4. The van der Waals surface area contributed by atoms with Crippen molar-refractivity contribution in [2.45, 2.75) is 6.61 Å². The molecule has 0 atom stereocenters.